The SMILES string of the molecule is Cc1cc(C)nc(NS(=O)(=O)c2ccc(N=NSC(=S)N3CCCCC3)cc2)n1. The lowest BCUT2D eigenvalue weighted by atomic mass is 10.1. The Morgan fingerprint density at radius 2 is 1.72 bits per heavy atom. The third kappa shape index (κ3) is 6.18. The van der Waals surface area contributed by atoms with E-state index in [0.717, 1.165) is 37.9 Å². The zero-order valence-corrected chi connectivity index (χ0v) is 18.6. The molecule has 3 rings (SSSR count). The number of hydrogen-bond acceptors (Lipinski definition) is 8. The molecule has 0 unspecified atom stereocenters. The highest BCUT2D eigenvalue weighted by atomic mass is 32.2. The average molecular weight is 451 g/mol. The van der Waals surface area contributed by atoms with Gasteiger partial charge < -0.3 is 4.90 Å². The van der Waals surface area contributed by atoms with E-state index in [1.165, 1.54) is 18.6 Å². The van der Waals surface area contributed by atoms with Crippen LogP contribution in [0.3, 0.4) is 0 Å². The summed E-state index contributed by atoms with van der Waals surface area (Å²) in [4.78, 5) is 10.4. The van der Waals surface area contributed by atoms with Gasteiger partial charge in [0.25, 0.3) is 10.0 Å². The Morgan fingerprint density at radius 3 is 2.34 bits per heavy atom. The fourth-order valence-corrected chi connectivity index (χ4v) is 4.61. The molecule has 0 radical (unpaired) electrons. The van der Waals surface area contributed by atoms with Crippen molar-refractivity contribution < 1.29 is 8.42 Å². The Bertz CT molecular complexity index is 983. The molecule has 11 heteroatoms. The summed E-state index contributed by atoms with van der Waals surface area (Å²) < 4.78 is 32.3. The molecule has 29 heavy (non-hydrogen) atoms. The highest BCUT2D eigenvalue weighted by Crippen LogP contribution is 2.22. The Balaban J connectivity index is 1.62. The van der Waals surface area contributed by atoms with Gasteiger partial charge in [-0.05, 0) is 63.4 Å². The molecule has 1 aliphatic heterocycles. The van der Waals surface area contributed by atoms with Gasteiger partial charge in [0.1, 0.15) is 0 Å². The third-order valence-corrected chi connectivity index (χ3v) is 6.65. The molecule has 0 atom stereocenters. The first kappa shape index (κ1) is 21.6. The van der Waals surface area contributed by atoms with Crippen molar-refractivity contribution in [3.8, 4) is 0 Å². The van der Waals surface area contributed by atoms with E-state index in [9.17, 15) is 8.42 Å². The van der Waals surface area contributed by atoms with Gasteiger partial charge in [-0.2, -0.15) is 0 Å². The summed E-state index contributed by atoms with van der Waals surface area (Å²) in [5.41, 5.74) is 1.91. The standard InChI is InChI=1S/C18H22N6O2S3/c1-13-12-14(2)20-17(19-13)22-29(25,26)16-8-6-15(7-9-16)21-23-28-18(27)24-10-4-3-5-11-24/h6-9,12H,3-5,10-11H2,1-2H3,(H,19,20,22). The first-order valence-corrected chi connectivity index (χ1v) is 11.8. The van der Waals surface area contributed by atoms with Crippen molar-refractivity contribution in [2.45, 2.75) is 38.0 Å². The van der Waals surface area contributed by atoms with Gasteiger partial charge in [-0.25, -0.2) is 23.1 Å². The monoisotopic (exact) mass is 450 g/mol. The molecule has 2 aromatic rings. The molecule has 0 amide bonds. The summed E-state index contributed by atoms with van der Waals surface area (Å²) in [5.74, 6) is 0.0499. The van der Waals surface area contributed by atoms with Crippen LogP contribution in [0.1, 0.15) is 30.7 Å². The number of benzene rings is 1. The lowest BCUT2D eigenvalue weighted by Crippen LogP contribution is -2.32. The number of sulfonamides is 1. The fraction of sp³-hybridized carbons (Fsp3) is 0.389. The van der Waals surface area contributed by atoms with Crippen LogP contribution in [0.5, 0.6) is 0 Å². The molecule has 1 aromatic heterocycles. The molecular formula is C18H22N6O2S3. The molecule has 1 aliphatic rings. The molecule has 2 heterocycles. The second-order valence-corrected chi connectivity index (χ2v) is 9.72. The van der Waals surface area contributed by atoms with Crippen LogP contribution >= 0.6 is 24.2 Å². The molecule has 1 saturated heterocycles. The van der Waals surface area contributed by atoms with E-state index >= 15 is 0 Å². The highest BCUT2D eigenvalue weighted by molar-refractivity contribution is 8.21. The van der Waals surface area contributed by atoms with Crippen LogP contribution in [0.25, 0.3) is 0 Å². The summed E-state index contributed by atoms with van der Waals surface area (Å²) in [6.45, 7) is 5.48. The minimum absolute atomic E-state index is 0.0499. The van der Waals surface area contributed by atoms with Crippen molar-refractivity contribution in [2.24, 2.45) is 9.63 Å². The summed E-state index contributed by atoms with van der Waals surface area (Å²) in [6, 6.07) is 7.88. The van der Waals surface area contributed by atoms with Crippen LogP contribution < -0.4 is 4.72 Å². The fourth-order valence-electron chi connectivity index (χ4n) is 2.88. The number of nitrogens with zero attached hydrogens (tertiary/aromatic N) is 5. The van der Waals surface area contributed by atoms with Gasteiger partial charge in [-0.1, -0.05) is 12.2 Å². The summed E-state index contributed by atoms with van der Waals surface area (Å²) in [5, 5.41) is 4.11. The third-order valence-electron chi connectivity index (χ3n) is 4.24. The topological polar surface area (TPSA) is 99.9 Å². The number of aryl methyl sites for hydroxylation is 2. The lowest BCUT2D eigenvalue weighted by Gasteiger charge is -2.27. The number of anilines is 1. The number of hydrogen-bond donors (Lipinski definition) is 1. The van der Waals surface area contributed by atoms with E-state index in [1.54, 1.807) is 32.0 Å². The molecule has 0 saturated carbocycles. The smallest absolute Gasteiger partial charge is 0.264 e. The van der Waals surface area contributed by atoms with Crippen LogP contribution in [0.15, 0.2) is 44.9 Å². The zero-order chi connectivity index (χ0) is 20.9. The number of rotatable bonds is 5. The van der Waals surface area contributed by atoms with Crippen LogP contribution in [-0.2, 0) is 10.0 Å². The molecular weight excluding hydrogens is 428 g/mol. The quantitative estimate of drug-likeness (QED) is 0.409. The normalized spacial score (nSPS) is 14.9. The van der Waals surface area contributed by atoms with E-state index < -0.39 is 10.0 Å². The van der Waals surface area contributed by atoms with Crippen molar-refractivity contribution in [2.75, 3.05) is 17.8 Å². The van der Waals surface area contributed by atoms with Gasteiger partial charge in [0.15, 0.2) is 4.32 Å². The molecule has 1 fully saturated rings. The Labute approximate surface area is 180 Å². The van der Waals surface area contributed by atoms with Crippen LogP contribution in [0.2, 0.25) is 0 Å². The van der Waals surface area contributed by atoms with E-state index in [4.69, 9.17) is 12.2 Å². The maximum absolute atomic E-state index is 12.5. The van der Waals surface area contributed by atoms with Gasteiger partial charge in [0, 0.05) is 24.5 Å². The minimum Gasteiger partial charge on any atom is -0.356 e. The molecule has 1 N–H and O–H groups in total. The minimum atomic E-state index is -3.79. The number of nitrogens with one attached hydrogen (secondary N) is 1. The average Bonchev–Trinajstić information content (AvgIpc) is 2.68. The maximum atomic E-state index is 12.5. The van der Waals surface area contributed by atoms with Gasteiger partial charge in [0.2, 0.25) is 5.95 Å². The van der Waals surface area contributed by atoms with Crippen LogP contribution in [-0.4, -0.2) is 40.7 Å². The van der Waals surface area contributed by atoms with Gasteiger partial charge in [-0.3, -0.25) is 0 Å². The van der Waals surface area contributed by atoms with Crippen molar-refractivity contribution in [1.82, 2.24) is 14.9 Å². The number of thiocarbonyl (C=S) groups is 1. The predicted octanol–water partition coefficient (Wildman–Crippen LogP) is 4.40. The van der Waals surface area contributed by atoms with E-state index in [0.29, 0.717) is 21.4 Å². The summed E-state index contributed by atoms with van der Waals surface area (Å²) in [6.07, 6.45) is 3.54. The largest absolute Gasteiger partial charge is 0.356 e. The van der Waals surface area contributed by atoms with E-state index in [-0.39, 0.29) is 10.8 Å². The molecule has 0 bridgehead atoms. The zero-order valence-electron chi connectivity index (χ0n) is 16.2. The molecule has 8 nitrogen and oxygen atoms in total. The first-order chi connectivity index (χ1) is 13.8. The Kier molecular flexibility index (Phi) is 7.14. The molecule has 0 aliphatic carbocycles. The van der Waals surface area contributed by atoms with E-state index in [1.807, 2.05) is 0 Å². The van der Waals surface area contributed by atoms with Gasteiger partial charge in [-0.15, -0.1) is 9.63 Å². The lowest BCUT2D eigenvalue weighted by molar-refractivity contribution is 0.352. The van der Waals surface area contributed by atoms with Crippen molar-refractivity contribution >= 4 is 50.1 Å². The van der Waals surface area contributed by atoms with Crippen molar-refractivity contribution in [1.29, 1.82) is 0 Å². The Hall–Kier alpha value is -2.11. The number of piperidine rings is 1. The molecule has 0 spiro atoms. The first-order valence-electron chi connectivity index (χ1n) is 9.16. The number of aromatic nitrogens is 2. The second kappa shape index (κ2) is 9.59. The molecule has 1 aromatic carbocycles. The predicted molar refractivity (Wildman–Crippen MR) is 119 cm³/mol. The van der Waals surface area contributed by atoms with Gasteiger partial charge in [0.05, 0.1) is 22.5 Å². The van der Waals surface area contributed by atoms with Crippen LogP contribution in [0.4, 0.5) is 11.6 Å². The number of likely N-dealkylation sites (tertiary alicyclic amines) is 1. The maximum Gasteiger partial charge on any atom is 0.264 e. The van der Waals surface area contributed by atoms with Gasteiger partial charge >= 0.3 is 0 Å². The Morgan fingerprint density at radius 1 is 1.10 bits per heavy atom. The van der Waals surface area contributed by atoms with E-state index in [2.05, 4.69) is 29.2 Å². The van der Waals surface area contributed by atoms with Crippen LogP contribution in [0, 0.1) is 13.8 Å². The summed E-state index contributed by atoms with van der Waals surface area (Å²) >= 11 is 6.54. The highest BCUT2D eigenvalue weighted by Gasteiger charge is 2.16. The van der Waals surface area contributed by atoms with Crippen molar-refractivity contribution in [3.63, 3.8) is 0 Å². The second-order valence-electron chi connectivity index (χ2n) is 6.66. The molecule has 154 valence electrons. The van der Waals surface area contributed by atoms with Crippen molar-refractivity contribution in [3.05, 3.63) is 41.7 Å². The summed E-state index contributed by atoms with van der Waals surface area (Å²) in [7, 11) is -3.79.